The van der Waals surface area contributed by atoms with Gasteiger partial charge in [0.25, 0.3) is 5.91 Å². The van der Waals surface area contributed by atoms with Crippen molar-refractivity contribution in [2.45, 2.75) is 33.5 Å². The molecule has 1 aromatic carbocycles. The van der Waals surface area contributed by atoms with Gasteiger partial charge in [-0.15, -0.1) is 11.3 Å². The Morgan fingerprint density at radius 1 is 1.13 bits per heavy atom. The number of nitrogens with one attached hydrogen (secondary N) is 1. The molecule has 0 atom stereocenters. The van der Waals surface area contributed by atoms with Crippen LogP contribution in [0, 0.1) is 20.8 Å². The fourth-order valence-corrected chi connectivity index (χ4v) is 4.62. The van der Waals surface area contributed by atoms with E-state index < -0.39 is 17.6 Å². The Morgan fingerprint density at radius 2 is 1.87 bits per heavy atom. The van der Waals surface area contributed by atoms with Crippen molar-refractivity contribution in [2.24, 2.45) is 7.05 Å². The lowest BCUT2D eigenvalue weighted by atomic mass is 10.1. The lowest BCUT2D eigenvalue weighted by Gasteiger charge is -2.15. The molecule has 6 nitrogen and oxygen atoms in total. The lowest BCUT2D eigenvalue weighted by Crippen LogP contribution is -2.24. The van der Waals surface area contributed by atoms with Crippen molar-refractivity contribution in [2.75, 3.05) is 0 Å². The standard InChI is InChI=1S/C21H20F3N5OS/c1-11-7-12(2)29(26-11)15-6-5-14(17(8-15)21(22,23)24)10-25-19(30)18-9-16-13(3)27-28(4)20(16)31-18/h5-9H,10H2,1-4H3,(H,25,30). The summed E-state index contributed by atoms with van der Waals surface area (Å²) in [6, 6.07) is 7.53. The van der Waals surface area contributed by atoms with Gasteiger partial charge in [0.05, 0.1) is 27.5 Å². The summed E-state index contributed by atoms with van der Waals surface area (Å²) >= 11 is 1.26. The summed E-state index contributed by atoms with van der Waals surface area (Å²) in [6.45, 7) is 5.17. The number of rotatable bonds is 4. The summed E-state index contributed by atoms with van der Waals surface area (Å²) in [5, 5.41) is 12.0. The molecule has 4 aromatic rings. The van der Waals surface area contributed by atoms with Crippen molar-refractivity contribution in [3.8, 4) is 5.69 Å². The molecule has 4 rings (SSSR count). The van der Waals surface area contributed by atoms with Gasteiger partial charge in [-0.2, -0.15) is 23.4 Å². The first-order chi connectivity index (χ1) is 14.5. The fraction of sp³-hybridized carbons (Fsp3) is 0.286. The second-order valence-corrected chi connectivity index (χ2v) is 8.43. The number of carbonyl (C=O) groups excluding carboxylic acids is 1. The molecule has 3 aromatic heterocycles. The molecule has 0 spiro atoms. The van der Waals surface area contributed by atoms with Crippen LogP contribution in [0.1, 0.15) is 37.9 Å². The molecule has 1 N–H and O–H groups in total. The highest BCUT2D eigenvalue weighted by Gasteiger charge is 2.34. The van der Waals surface area contributed by atoms with Crippen molar-refractivity contribution in [3.05, 3.63) is 63.4 Å². The Balaban J connectivity index is 1.60. The Kier molecular flexibility index (Phi) is 5.12. The van der Waals surface area contributed by atoms with Gasteiger partial charge in [-0.1, -0.05) is 6.07 Å². The minimum atomic E-state index is -4.56. The van der Waals surface area contributed by atoms with Crippen LogP contribution < -0.4 is 5.32 Å². The van der Waals surface area contributed by atoms with Gasteiger partial charge in [0, 0.05) is 24.7 Å². The molecule has 0 radical (unpaired) electrons. The molecule has 0 saturated carbocycles. The molecule has 162 valence electrons. The van der Waals surface area contributed by atoms with Gasteiger partial charge in [0.1, 0.15) is 4.83 Å². The predicted molar refractivity (Wildman–Crippen MR) is 113 cm³/mol. The van der Waals surface area contributed by atoms with Crippen molar-refractivity contribution < 1.29 is 18.0 Å². The minimum absolute atomic E-state index is 0.00918. The van der Waals surface area contributed by atoms with Crippen LogP contribution in [0.15, 0.2) is 30.3 Å². The molecule has 0 aliphatic rings. The van der Waals surface area contributed by atoms with E-state index in [1.807, 2.05) is 6.92 Å². The average Bonchev–Trinajstić information content (AvgIpc) is 3.35. The van der Waals surface area contributed by atoms with E-state index in [1.165, 1.54) is 22.1 Å². The van der Waals surface area contributed by atoms with Crippen LogP contribution in [-0.2, 0) is 19.8 Å². The maximum absolute atomic E-state index is 13.7. The van der Waals surface area contributed by atoms with Crippen molar-refractivity contribution >= 4 is 27.5 Å². The number of thiophene rings is 1. The highest BCUT2D eigenvalue weighted by molar-refractivity contribution is 7.20. The number of aromatic nitrogens is 4. The van der Waals surface area contributed by atoms with Crippen molar-refractivity contribution in [1.82, 2.24) is 24.9 Å². The fourth-order valence-electron chi connectivity index (χ4n) is 3.58. The summed E-state index contributed by atoms with van der Waals surface area (Å²) in [6.07, 6.45) is -4.56. The van der Waals surface area contributed by atoms with E-state index in [0.717, 1.165) is 33.4 Å². The number of amides is 1. The topological polar surface area (TPSA) is 64.7 Å². The number of aryl methyl sites for hydroxylation is 4. The largest absolute Gasteiger partial charge is 0.416 e. The van der Waals surface area contributed by atoms with Gasteiger partial charge in [-0.05, 0) is 50.6 Å². The molecular weight excluding hydrogens is 427 g/mol. The summed E-state index contributed by atoms with van der Waals surface area (Å²) in [5.74, 6) is -0.420. The van der Waals surface area contributed by atoms with E-state index in [9.17, 15) is 18.0 Å². The molecule has 0 aliphatic carbocycles. The average molecular weight is 447 g/mol. The normalized spacial score (nSPS) is 12.0. The second kappa shape index (κ2) is 7.52. The molecule has 0 aliphatic heterocycles. The number of nitrogens with zero attached hydrogens (tertiary/aromatic N) is 4. The number of hydrogen-bond acceptors (Lipinski definition) is 4. The predicted octanol–water partition coefficient (Wildman–Crippen LogP) is 4.69. The first-order valence-corrected chi connectivity index (χ1v) is 10.3. The van der Waals surface area contributed by atoms with Crippen LogP contribution in [0.3, 0.4) is 0 Å². The molecule has 31 heavy (non-hydrogen) atoms. The summed E-state index contributed by atoms with van der Waals surface area (Å²) < 4.78 is 44.4. The SMILES string of the molecule is Cc1cc(C)n(-c2ccc(CNC(=O)c3cc4c(C)nn(C)c4s3)c(C(F)(F)F)c2)n1. The maximum atomic E-state index is 13.7. The van der Waals surface area contributed by atoms with E-state index in [0.29, 0.717) is 10.6 Å². The van der Waals surface area contributed by atoms with Crippen molar-refractivity contribution in [1.29, 1.82) is 0 Å². The van der Waals surface area contributed by atoms with E-state index in [4.69, 9.17) is 0 Å². The first kappa shape index (κ1) is 21.1. The smallest absolute Gasteiger partial charge is 0.347 e. The van der Waals surface area contributed by atoms with Crippen LogP contribution in [0.5, 0.6) is 0 Å². The van der Waals surface area contributed by atoms with Gasteiger partial charge in [-0.3, -0.25) is 9.48 Å². The number of carbonyl (C=O) groups is 1. The van der Waals surface area contributed by atoms with Crippen LogP contribution in [0.2, 0.25) is 0 Å². The van der Waals surface area contributed by atoms with E-state index in [1.54, 1.807) is 43.8 Å². The number of alkyl halides is 3. The zero-order valence-electron chi connectivity index (χ0n) is 17.3. The molecule has 0 fully saturated rings. The minimum Gasteiger partial charge on any atom is -0.347 e. The van der Waals surface area contributed by atoms with Crippen LogP contribution >= 0.6 is 11.3 Å². The van der Waals surface area contributed by atoms with Gasteiger partial charge < -0.3 is 5.32 Å². The molecule has 10 heteroatoms. The monoisotopic (exact) mass is 447 g/mol. The molecule has 1 amide bonds. The zero-order valence-corrected chi connectivity index (χ0v) is 18.1. The van der Waals surface area contributed by atoms with Crippen LogP contribution in [0.4, 0.5) is 13.2 Å². The lowest BCUT2D eigenvalue weighted by molar-refractivity contribution is -0.138. The highest BCUT2D eigenvalue weighted by Crippen LogP contribution is 2.34. The van der Waals surface area contributed by atoms with Crippen LogP contribution in [0.25, 0.3) is 15.9 Å². The third kappa shape index (κ3) is 3.95. The third-order valence-corrected chi connectivity index (χ3v) is 6.21. The number of halogens is 3. The van der Waals surface area contributed by atoms with Gasteiger partial charge >= 0.3 is 6.18 Å². The molecule has 0 saturated heterocycles. The molecule has 3 heterocycles. The zero-order chi connectivity index (χ0) is 22.5. The van der Waals surface area contributed by atoms with Crippen molar-refractivity contribution in [3.63, 3.8) is 0 Å². The van der Waals surface area contributed by atoms with Gasteiger partial charge in [0.15, 0.2) is 0 Å². The summed E-state index contributed by atoms with van der Waals surface area (Å²) in [4.78, 5) is 13.8. The number of fused-ring (bicyclic) bond motifs is 1. The third-order valence-electron chi connectivity index (χ3n) is 5.01. The Bertz CT molecular complexity index is 1260. The Labute approximate surface area is 180 Å². The Hall–Kier alpha value is -3.14. The van der Waals surface area contributed by atoms with E-state index in [2.05, 4.69) is 15.5 Å². The number of benzene rings is 1. The van der Waals surface area contributed by atoms with Gasteiger partial charge in [0.2, 0.25) is 0 Å². The molecule has 0 unspecified atom stereocenters. The summed E-state index contributed by atoms with van der Waals surface area (Å²) in [7, 11) is 1.79. The second-order valence-electron chi connectivity index (χ2n) is 7.40. The summed E-state index contributed by atoms with van der Waals surface area (Å²) in [5.41, 5.74) is 1.77. The van der Waals surface area contributed by atoms with E-state index >= 15 is 0 Å². The molecular formula is C21H20F3N5OS. The first-order valence-electron chi connectivity index (χ1n) is 9.49. The van der Waals surface area contributed by atoms with Crippen LogP contribution in [-0.4, -0.2) is 25.5 Å². The van der Waals surface area contributed by atoms with E-state index in [-0.39, 0.29) is 12.1 Å². The van der Waals surface area contributed by atoms with Gasteiger partial charge in [-0.25, -0.2) is 4.68 Å². The highest BCUT2D eigenvalue weighted by atomic mass is 32.1. The Morgan fingerprint density at radius 3 is 2.48 bits per heavy atom. The number of hydrogen-bond donors (Lipinski definition) is 1. The molecule has 0 bridgehead atoms. The maximum Gasteiger partial charge on any atom is 0.416 e. The quantitative estimate of drug-likeness (QED) is 0.494.